The van der Waals surface area contributed by atoms with E-state index in [1.54, 1.807) is 13.0 Å². The minimum atomic E-state index is -1.12. The van der Waals surface area contributed by atoms with Crippen molar-refractivity contribution in [2.75, 3.05) is 31.1 Å². The van der Waals surface area contributed by atoms with E-state index in [1.165, 1.54) is 21.9 Å². The second-order valence-corrected chi connectivity index (χ2v) is 6.34. The highest BCUT2D eigenvalue weighted by atomic mass is 19.1. The average Bonchev–Trinajstić information content (AvgIpc) is 2.96. The van der Waals surface area contributed by atoms with Gasteiger partial charge < -0.3 is 19.6 Å². The Balaban J connectivity index is 1.71. The first-order valence-electron chi connectivity index (χ1n) is 8.06. The molecule has 2 heterocycles. The number of carboxylic acid groups (broad SMARTS) is 1. The van der Waals surface area contributed by atoms with Crippen LogP contribution in [-0.4, -0.2) is 60.1 Å². The molecule has 0 saturated carbocycles. The van der Waals surface area contributed by atoms with Crippen LogP contribution in [0.1, 0.15) is 12.0 Å². The van der Waals surface area contributed by atoms with Crippen molar-refractivity contribution in [2.24, 2.45) is 5.92 Å². The minimum Gasteiger partial charge on any atom is -0.479 e. The van der Waals surface area contributed by atoms with Crippen molar-refractivity contribution in [3.05, 3.63) is 29.6 Å². The predicted molar refractivity (Wildman–Crippen MR) is 85.6 cm³/mol. The van der Waals surface area contributed by atoms with E-state index in [4.69, 9.17) is 9.84 Å². The number of benzene rings is 1. The van der Waals surface area contributed by atoms with Crippen molar-refractivity contribution in [1.82, 2.24) is 4.90 Å². The molecule has 2 amide bonds. The molecule has 0 spiro atoms. The highest BCUT2D eigenvalue weighted by Crippen LogP contribution is 2.29. The molecule has 134 valence electrons. The first kappa shape index (κ1) is 17.3. The fourth-order valence-corrected chi connectivity index (χ4v) is 3.19. The number of aliphatic carboxylic acids is 1. The zero-order valence-electron chi connectivity index (χ0n) is 13.8. The summed E-state index contributed by atoms with van der Waals surface area (Å²) in [5, 5.41) is 9.02. The highest BCUT2D eigenvalue weighted by Gasteiger charge is 2.40. The van der Waals surface area contributed by atoms with Gasteiger partial charge in [0.2, 0.25) is 11.8 Å². The number of aryl methyl sites for hydroxylation is 1. The van der Waals surface area contributed by atoms with Crippen LogP contribution in [-0.2, 0) is 19.1 Å². The third kappa shape index (κ3) is 3.48. The highest BCUT2D eigenvalue weighted by molar-refractivity contribution is 6.00. The smallest absolute Gasteiger partial charge is 0.334 e. The summed E-state index contributed by atoms with van der Waals surface area (Å²) in [4.78, 5) is 38.6. The number of ether oxygens (including phenoxy) is 1. The van der Waals surface area contributed by atoms with Gasteiger partial charge in [0.1, 0.15) is 5.82 Å². The molecular formula is C17H19FN2O5. The number of hydrogen-bond acceptors (Lipinski definition) is 4. The topological polar surface area (TPSA) is 87.2 Å². The molecule has 0 aliphatic carbocycles. The molecule has 0 aromatic heterocycles. The lowest BCUT2D eigenvalue weighted by Crippen LogP contribution is -2.50. The average molecular weight is 350 g/mol. The maximum Gasteiger partial charge on any atom is 0.334 e. The summed E-state index contributed by atoms with van der Waals surface area (Å²) in [6.07, 6.45) is -1.07. The first-order valence-corrected chi connectivity index (χ1v) is 8.06. The van der Waals surface area contributed by atoms with Crippen molar-refractivity contribution in [3.8, 4) is 0 Å². The van der Waals surface area contributed by atoms with Gasteiger partial charge in [-0.15, -0.1) is 0 Å². The van der Waals surface area contributed by atoms with E-state index in [1.807, 2.05) is 0 Å². The lowest BCUT2D eigenvalue weighted by Gasteiger charge is -2.32. The summed E-state index contributed by atoms with van der Waals surface area (Å²) in [5.41, 5.74) is 0.907. The summed E-state index contributed by atoms with van der Waals surface area (Å²) >= 11 is 0. The number of carboxylic acids is 1. The van der Waals surface area contributed by atoms with Crippen LogP contribution < -0.4 is 4.90 Å². The molecule has 2 fully saturated rings. The van der Waals surface area contributed by atoms with Crippen LogP contribution in [0, 0.1) is 18.7 Å². The van der Waals surface area contributed by atoms with Gasteiger partial charge in [-0.1, -0.05) is 6.07 Å². The van der Waals surface area contributed by atoms with Crippen LogP contribution in [0.4, 0.5) is 10.1 Å². The van der Waals surface area contributed by atoms with Crippen molar-refractivity contribution in [3.63, 3.8) is 0 Å². The summed E-state index contributed by atoms with van der Waals surface area (Å²) in [5.74, 6) is -2.84. The van der Waals surface area contributed by atoms with Crippen LogP contribution in [0.15, 0.2) is 18.2 Å². The normalized spacial score (nSPS) is 23.8. The number of rotatable bonds is 3. The Kier molecular flexibility index (Phi) is 4.71. The Bertz CT molecular complexity index is 723. The monoisotopic (exact) mass is 350 g/mol. The molecule has 1 aromatic rings. The molecule has 7 nitrogen and oxygen atoms in total. The molecule has 0 bridgehead atoms. The molecule has 2 aliphatic heterocycles. The Morgan fingerprint density at radius 3 is 2.76 bits per heavy atom. The Labute approximate surface area is 144 Å². The van der Waals surface area contributed by atoms with Gasteiger partial charge in [0, 0.05) is 19.5 Å². The molecule has 2 aliphatic rings. The van der Waals surface area contributed by atoms with Crippen LogP contribution in [0.25, 0.3) is 0 Å². The van der Waals surface area contributed by atoms with Crippen molar-refractivity contribution >= 4 is 23.5 Å². The molecule has 2 atom stereocenters. The zero-order chi connectivity index (χ0) is 18.1. The number of amides is 2. The molecule has 2 saturated heterocycles. The van der Waals surface area contributed by atoms with Gasteiger partial charge in [-0.2, -0.15) is 0 Å². The number of halogens is 1. The van der Waals surface area contributed by atoms with E-state index in [9.17, 15) is 18.8 Å². The second kappa shape index (κ2) is 6.79. The van der Waals surface area contributed by atoms with E-state index in [0.29, 0.717) is 0 Å². The predicted octanol–water partition coefficient (Wildman–Crippen LogP) is 0.799. The van der Waals surface area contributed by atoms with E-state index in [0.717, 1.165) is 5.56 Å². The summed E-state index contributed by atoms with van der Waals surface area (Å²) in [6.45, 7) is 2.22. The standard InChI is InChI=1S/C17H19FN2O5/c1-10-2-3-13(12(18)6-10)20-8-11(7-15(20)21)16(22)19-4-5-25-14(9-19)17(23)24/h2-3,6,11,14H,4-5,7-9H2,1H3,(H,23,24)/t11-,14-/m1/s1. The lowest BCUT2D eigenvalue weighted by molar-refractivity contribution is -0.160. The van der Waals surface area contributed by atoms with Gasteiger partial charge in [0.25, 0.3) is 0 Å². The first-order chi connectivity index (χ1) is 11.9. The lowest BCUT2D eigenvalue weighted by atomic mass is 10.1. The number of carbonyl (C=O) groups is 3. The van der Waals surface area contributed by atoms with Gasteiger partial charge in [-0.05, 0) is 24.6 Å². The molecule has 1 aromatic carbocycles. The number of nitrogens with zero attached hydrogens (tertiary/aromatic N) is 2. The van der Waals surface area contributed by atoms with Gasteiger partial charge >= 0.3 is 5.97 Å². The van der Waals surface area contributed by atoms with Crippen molar-refractivity contribution in [2.45, 2.75) is 19.4 Å². The molecule has 0 radical (unpaired) electrons. The summed E-state index contributed by atoms with van der Waals surface area (Å²) in [7, 11) is 0. The van der Waals surface area contributed by atoms with Crippen LogP contribution >= 0.6 is 0 Å². The van der Waals surface area contributed by atoms with E-state index < -0.39 is 23.8 Å². The zero-order valence-corrected chi connectivity index (χ0v) is 13.8. The quantitative estimate of drug-likeness (QED) is 0.871. The third-order valence-corrected chi connectivity index (χ3v) is 4.52. The number of carbonyl (C=O) groups excluding carboxylic acids is 2. The molecule has 1 N–H and O–H groups in total. The van der Waals surface area contributed by atoms with Crippen molar-refractivity contribution < 1.29 is 28.6 Å². The van der Waals surface area contributed by atoms with Gasteiger partial charge in [-0.25, -0.2) is 9.18 Å². The molecule has 8 heteroatoms. The minimum absolute atomic E-state index is 0.0127. The van der Waals surface area contributed by atoms with Gasteiger partial charge in [-0.3, -0.25) is 9.59 Å². The number of anilines is 1. The Morgan fingerprint density at radius 1 is 1.32 bits per heavy atom. The third-order valence-electron chi connectivity index (χ3n) is 4.52. The molecular weight excluding hydrogens is 331 g/mol. The van der Waals surface area contributed by atoms with E-state index in [-0.39, 0.29) is 50.2 Å². The molecule has 0 unspecified atom stereocenters. The maximum atomic E-state index is 14.1. The second-order valence-electron chi connectivity index (χ2n) is 6.34. The Hall–Kier alpha value is -2.48. The van der Waals surface area contributed by atoms with Crippen LogP contribution in [0.3, 0.4) is 0 Å². The largest absolute Gasteiger partial charge is 0.479 e. The van der Waals surface area contributed by atoms with Crippen LogP contribution in [0.2, 0.25) is 0 Å². The number of morpholine rings is 1. The fourth-order valence-electron chi connectivity index (χ4n) is 3.19. The summed E-state index contributed by atoms with van der Waals surface area (Å²) in [6, 6.07) is 4.59. The van der Waals surface area contributed by atoms with Gasteiger partial charge in [0.15, 0.2) is 6.10 Å². The summed E-state index contributed by atoms with van der Waals surface area (Å²) < 4.78 is 19.2. The van der Waals surface area contributed by atoms with Gasteiger partial charge in [0.05, 0.1) is 24.8 Å². The molecule has 3 rings (SSSR count). The maximum absolute atomic E-state index is 14.1. The van der Waals surface area contributed by atoms with Crippen molar-refractivity contribution in [1.29, 1.82) is 0 Å². The fraction of sp³-hybridized carbons (Fsp3) is 0.471. The SMILES string of the molecule is Cc1ccc(N2C[C@H](C(=O)N3CCO[C@@H](C(=O)O)C3)CC2=O)c(F)c1. The Morgan fingerprint density at radius 2 is 2.08 bits per heavy atom. The van der Waals surface area contributed by atoms with Crippen LogP contribution in [0.5, 0.6) is 0 Å². The number of hydrogen-bond donors (Lipinski definition) is 1. The van der Waals surface area contributed by atoms with E-state index >= 15 is 0 Å². The molecule has 25 heavy (non-hydrogen) atoms. The van der Waals surface area contributed by atoms with E-state index in [2.05, 4.69) is 0 Å².